The van der Waals surface area contributed by atoms with Crippen LogP contribution in [-0.2, 0) is 4.74 Å². The van der Waals surface area contributed by atoms with Gasteiger partial charge < -0.3 is 10.1 Å². The van der Waals surface area contributed by atoms with Gasteiger partial charge in [-0.05, 0) is 57.0 Å². The first kappa shape index (κ1) is 24.7. The number of ether oxygens (including phenoxy) is 1. The summed E-state index contributed by atoms with van der Waals surface area (Å²) in [5.41, 5.74) is 1.91. The molecule has 0 saturated carbocycles. The van der Waals surface area contributed by atoms with E-state index in [4.69, 9.17) is 4.74 Å². The molecule has 11 heteroatoms. The number of amides is 1. The second-order valence-electron chi connectivity index (χ2n) is 8.07. The smallest absolute Gasteiger partial charge is 0.359 e. The number of hydrogen-bond acceptors (Lipinski definition) is 8. The summed E-state index contributed by atoms with van der Waals surface area (Å²) in [4.78, 5) is 50.1. The minimum absolute atomic E-state index is 0.0621. The molecule has 0 aliphatic carbocycles. The van der Waals surface area contributed by atoms with Gasteiger partial charge in [0.25, 0.3) is 17.2 Å². The molecule has 0 fully saturated rings. The largest absolute Gasteiger partial charge is 0.461 e. The zero-order chi connectivity index (χ0) is 26.1. The van der Waals surface area contributed by atoms with Crippen molar-refractivity contribution in [1.82, 2.24) is 9.78 Å². The molecule has 1 N–H and O–H groups in total. The standard InChI is InChI=1S/C25H22N4O6S/c1-5-35-25(32)21-18-12-36-23(26-22(30)17-7-6-8-19(15(17)4)29(33)34)20(18)24(31)28(27-21)16-10-9-13(2)14(3)11-16/h6-12H,5H2,1-4H3,(H,26,30). The molecule has 2 aromatic heterocycles. The topological polar surface area (TPSA) is 133 Å². The van der Waals surface area contributed by atoms with E-state index < -0.39 is 22.4 Å². The molecule has 1 amide bonds. The molecule has 184 valence electrons. The monoisotopic (exact) mass is 506 g/mol. The number of anilines is 1. The number of aromatic nitrogens is 2. The van der Waals surface area contributed by atoms with Crippen LogP contribution in [-0.4, -0.2) is 33.2 Å². The van der Waals surface area contributed by atoms with Gasteiger partial charge in [0.2, 0.25) is 0 Å². The zero-order valence-electron chi connectivity index (χ0n) is 19.9. The highest BCUT2D eigenvalue weighted by Crippen LogP contribution is 2.32. The maximum absolute atomic E-state index is 13.6. The third-order valence-corrected chi connectivity index (χ3v) is 6.73. The number of nitro groups is 1. The van der Waals surface area contributed by atoms with E-state index in [9.17, 15) is 24.5 Å². The van der Waals surface area contributed by atoms with Crippen molar-refractivity contribution in [2.45, 2.75) is 27.7 Å². The van der Waals surface area contributed by atoms with Crippen LogP contribution in [0.3, 0.4) is 0 Å². The fourth-order valence-corrected chi connectivity index (χ4v) is 4.69. The van der Waals surface area contributed by atoms with Crippen molar-refractivity contribution in [3.05, 3.63) is 90.2 Å². The SMILES string of the molecule is CCOC(=O)c1nn(-c2ccc(C)c(C)c2)c(=O)c2c(NC(=O)c3cccc([N+](=O)[O-])c3C)scc12. The summed E-state index contributed by atoms with van der Waals surface area (Å²) in [7, 11) is 0. The number of carbonyl (C=O) groups is 2. The van der Waals surface area contributed by atoms with Crippen LogP contribution in [0.25, 0.3) is 16.5 Å². The van der Waals surface area contributed by atoms with Gasteiger partial charge in [-0.3, -0.25) is 19.7 Å². The van der Waals surface area contributed by atoms with Gasteiger partial charge in [-0.25, -0.2) is 4.79 Å². The molecular formula is C25H22N4O6S. The Morgan fingerprint density at radius 1 is 1.17 bits per heavy atom. The second-order valence-corrected chi connectivity index (χ2v) is 8.95. The quantitative estimate of drug-likeness (QED) is 0.227. The van der Waals surface area contributed by atoms with Crippen LogP contribution in [0.15, 0.2) is 46.6 Å². The minimum Gasteiger partial charge on any atom is -0.461 e. The average molecular weight is 507 g/mol. The number of thiophene rings is 1. The molecule has 0 saturated heterocycles. The van der Waals surface area contributed by atoms with E-state index in [0.29, 0.717) is 5.69 Å². The molecule has 2 aromatic carbocycles. The molecule has 0 radical (unpaired) electrons. The van der Waals surface area contributed by atoms with E-state index in [0.717, 1.165) is 27.1 Å². The van der Waals surface area contributed by atoms with Crippen molar-refractivity contribution in [2.24, 2.45) is 0 Å². The van der Waals surface area contributed by atoms with Crippen LogP contribution in [0.4, 0.5) is 10.7 Å². The van der Waals surface area contributed by atoms with E-state index in [-0.39, 0.29) is 44.9 Å². The Morgan fingerprint density at radius 3 is 2.58 bits per heavy atom. The molecule has 0 bridgehead atoms. The van der Waals surface area contributed by atoms with E-state index in [1.54, 1.807) is 24.4 Å². The number of hydrogen-bond donors (Lipinski definition) is 1. The van der Waals surface area contributed by atoms with Crippen LogP contribution >= 0.6 is 11.3 Å². The molecule has 0 spiro atoms. The number of fused-ring (bicyclic) bond motifs is 1. The van der Waals surface area contributed by atoms with Crippen LogP contribution in [0, 0.1) is 30.9 Å². The van der Waals surface area contributed by atoms with Crippen molar-refractivity contribution < 1.29 is 19.2 Å². The number of aryl methyl sites for hydroxylation is 2. The summed E-state index contributed by atoms with van der Waals surface area (Å²) in [5, 5.41) is 20.4. The maximum atomic E-state index is 13.6. The minimum atomic E-state index is -0.703. The predicted molar refractivity (Wildman–Crippen MR) is 136 cm³/mol. The first-order valence-electron chi connectivity index (χ1n) is 11.0. The van der Waals surface area contributed by atoms with Gasteiger partial charge in [0.05, 0.1) is 22.6 Å². The maximum Gasteiger partial charge on any atom is 0.359 e. The van der Waals surface area contributed by atoms with Gasteiger partial charge in [-0.2, -0.15) is 9.78 Å². The van der Waals surface area contributed by atoms with Crippen molar-refractivity contribution >= 4 is 44.7 Å². The van der Waals surface area contributed by atoms with E-state index in [1.807, 2.05) is 19.9 Å². The summed E-state index contributed by atoms with van der Waals surface area (Å²) in [5.74, 6) is -1.32. The van der Waals surface area contributed by atoms with Gasteiger partial charge >= 0.3 is 5.97 Å². The normalized spacial score (nSPS) is 10.9. The number of esters is 1. The Bertz CT molecular complexity index is 1600. The third kappa shape index (κ3) is 4.36. The lowest BCUT2D eigenvalue weighted by atomic mass is 10.1. The predicted octanol–water partition coefficient (Wildman–Crippen LogP) is 4.71. The average Bonchev–Trinajstić information content (AvgIpc) is 3.25. The first-order valence-corrected chi connectivity index (χ1v) is 11.9. The lowest BCUT2D eigenvalue weighted by Crippen LogP contribution is -2.25. The van der Waals surface area contributed by atoms with E-state index in [1.165, 1.54) is 25.1 Å². The summed E-state index contributed by atoms with van der Waals surface area (Å²) in [6.07, 6.45) is 0. The molecule has 4 aromatic rings. The van der Waals surface area contributed by atoms with Crippen molar-refractivity contribution in [3.8, 4) is 5.69 Å². The molecule has 0 aliphatic heterocycles. The summed E-state index contributed by atoms with van der Waals surface area (Å²) in [6, 6.07) is 9.53. The fourth-order valence-electron chi connectivity index (χ4n) is 3.76. The number of nitrogens with zero attached hydrogens (tertiary/aromatic N) is 3. The number of nitrogens with one attached hydrogen (secondary N) is 1. The number of nitro benzene ring substituents is 1. The van der Waals surface area contributed by atoms with Crippen LogP contribution < -0.4 is 10.9 Å². The Labute approximate surface area is 209 Å². The molecule has 4 rings (SSSR count). The summed E-state index contributed by atoms with van der Waals surface area (Å²) < 4.78 is 6.27. The van der Waals surface area contributed by atoms with Crippen molar-refractivity contribution in [2.75, 3.05) is 11.9 Å². The first-order chi connectivity index (χ1) is 17.1. The summed E-state index contributed by atoms with van der Waals surface area (Å²) in [6.45, 7) is 7.09. The third-order valence-electron chi connectivity index (χ3n) is 5.83. The van der Waals surface area contributed by atoms with Gasteiger partial charge in [-0.1, -0.05) is 12.1 Å². The lowest BCUT2D eigenvalue weighted by Gasteiger charge is -2.11. The lowest BCUT2D eigenvalue weighted by molar-refractivity contribution is -0.385. The van der Waals surface area contributed by atoms with Crippen molar-refractivity contribution in [3.63, 3.8) is 0 Å². The Morgan fingerprint density at radius 2 is 1.92 bits per heavy atom. The molecule has 36 heavy (non-hydrogen) atoms. The Hall–Kier alpha value is -4.38. The number of carbonyl (C=O) groups excluding carboxylic acids is 2. The molecule has 10 nitrogen and oxygen atoms in total. The number of rotatable bonds is 6. The van der Waals surface area contributed by atoms with Crippen LogP contribution in [0.2, 0.25) is 0 Å². The number of benzene rings is 2. The van der Waals surface area contributed by atoms with Gasteiger partial charge in [-0.15, -0.1) is 11.3 Å². The Balaban J connectivity index is 1.89. The van der Waals surface area contributed by atoms with Gasteiger partial charge in [0, 0.05) is 28.0 Å². The second kappa shape index (κ2) is 9.70. The molecular weight excluding hydrogens is 484 g/mol. The van der Waals surface area contributed by atoms with Gasteiger partial charge in [0.1, 0.15) is 5.00 Å². The van der Waals surface area contributed by atoms with Crippen LogP contribution in [0.1, 0.15) is 44.5 Å². The summed E-state index contributed by atoms with van der Waals surface area (Å²) >= 11 is 1.05. The highest BCUT2D eigenvalue weighted by atomic mass is 32.1. The highest BCUT2D eigenvalue weighted by molar-refractivity contribution is 7.16. The molecule has 2 heterocycles. The highest BCUT2D eigenvalue weighted by Gasteiger charge is 2.25. The van der Waals surface area contributed by atoms with E-state index >= 15 is 0 Å². The van der Waals surface area contributed by atoms with Crippen molar-refractivity contribution in [1.29, 1.82) is 0 Å². The van der Waals surface area contributed by atoms with Crippen LogP contribution in [0.5, 0.6) is 0 Å². The molecule has 0 atom stereocenters. The zero-order valence-corrected chi connectivity index (χ0v) is 20.8. The Kier molecular flexibility index (Phi) is 6.67. The molecule has 0 unspecified atom stereocenters. The fraction of sp³-hybridized carbons (Fsp3) is 0.200. The van der Waals surface area contributed by atoms with E-state index in [2.05, 4.69) is 10.4 Å². The molecule has 0 aliphatic rings. The van der Waals surface area contributed by atoms with Gasteiger partial charge in [0.15, 0.2) is 5.69 Å².